The van der Waals surface area contributed by atoms with Crippen molar-refractivity contribution in [2.24, 2.45) is 5.16 Å². The Morgan fingerprint density at radius 3 is 3.07 bits per heavy atom. The molecule has 0 radical (unpaired) electrons. The highest BCUT2D eigenvalue weighted by molar-refractivity contribution is 5.97. The molecule has 0 amide bonds. The third-order valence-electron chi connectivity index (χ3n) is 4.54. The van der Waals surface area contributed by atoms with Crippen LogP contribution in [-0.4, -0.2) is 55.0 Å². The molecule has 28 heavy (non-hydrogen) atoms. The summed E-state index contributed by atoms with van der Waals surface area (Å²) in [4.78, 5) is 18.7. The van der Waals surface area contributed by atoms with Crippen molar-refractivity contribution in [2.45, 2.75) is 19.6 Å². The van der Waals surface area contributed by atoms with Crippen molar-refractivity contribution < 1.29 is 9.57 Å². The van der Waals surface area contributed by atoms with Crippen molar-refractivity contribution in [1.29, 1.82) is 0 Å². The summed E-state index contributed by atoms with van der Waals surface area (Å²) in [6.07, 6.45) is 3.43. The quantitative estimate of drug-likeness (QED) is 0.388. The van der Waals surface area contributed by atoms with E-state index in [2.05, 4.69) is 36.5 Å². The zero-order valence-corrected chi connectivity index (χ0v) is 15.2. The topological polar surface area (TPSA) is 100 Å². The van der Waals surface area contributed by atoms with Gasteiger partial charge in [0, 0.05) is 11.6 Å². The van der Waals surface area contributed by atoms with Crippen LogP contribution >= 0.6 is 0 Å². The molecule has 0 bridgehead atoms. The number of benzene rings is 1. The summed E-state index contributed by atoms with van der Waals surface area (Å²) >= 11 is 0. The van der Waals surface area contributed by atoms with Gasteiger partial charge in [0.25, 0.3) is 0 Å². The Balaban J connectivity index is 1.43. The third kappa shape index (κ3) is 3.16. The first-order valence-electron chi connectivity index (χ1n) is 8.95. The Kier molecular flexibility index (Phi) is 4.13. The zero-order chi connectivity index (χ0) is 18.9. The van der Waals surface area contributed by atoms with Crippen molar-refractivity contribution >= 4 is 27.9 Å². The number of pyridine rings is 1. The molecule has 1 aliphatic rings. The van der Waals surface area contributed by atoms with Crippen LogP contribution in [0, 0.1) is 0 Å². The summed E-state index contributed by atoms with van der Waals surface area (Å²) in [5, 5.41) is 13.5. The molecule has 3 aromatic heterocycles. The van der Waals surface area contributed by atoms with Crippen LogP contribution in [0.2, 0.25) is 0 Å². The summed E-state index contributed by atoms with van der Waals surface area (Å²) < 4.78 is 6.81. The van der Waals surface area contributed by atoms with Gasteiger partial charge in [0.05, 0.1) is 31.5 Å². The Morgan fingerprint density at radius 1 is 1.29 bits per heavy atom. The minimum Gasteiger partial charge on any atom is -0.387 e. The molecule has 9 nitrogen and oxygen atoms in total. The van der Waals surface area contributed by atoms with E-state index in [4.69, 9.17) is 9.57 Å². The van der Waals surface area contributed by atoms with Crippen LogP contribution in [0.15, 0.2) is 47.9 Å². The fraction of sp³-hybridized carbons (Fsp3) is 0.263. The van der Waals surface area contributed by atoms with Gasteiger partial charge in [-0.05, 0) is 30.7 Å². The minimum absolute atomic E-state index is 0.0150. The van der Waals surface area contributed by atoms with E-state index < -0.39 is 0 Å². The molecule has 0 spiro atoms. The number of oxime groups is 1. The number of hydrogen-bond acceptors (Lipinski definition) is 8. The van der Waals surface area contributed by atoms with Crippen LogP contribution in [0.5, 0.6) is 0 Å². The van der Waals surface area contributed by atoms with Crippen LogP contribution in [0.4, 0.5) is 0 Å². The van der Waals surface area contributed by atoms with Gasteiger partial charge in [-0.3, -0.25) is 4.98 Å². The Hall–Kier alpha value is -3.46. The third-order valence-corrected chi connectivity index (χ3v) is 4.54. The summed E-state index contributed by atoms with van der Waals surface area (Å²) in [5.41, 5.74) is 4.40. The van der Waals surface area contributed by atoms with Crippen molar-refractivity contribution in [3.05, 3.63) is 54.0 Å². The van der Waals surface area contributed by atoms with Crippen molar-refractivity contribution in [1.82, 2.24) is 29.9 Å². The lowest BCUT2D eigenvalue weighted by Crippen LogP contribution is -2.34. The van der Waals surface area contributed by atoms with E-state index in [-0.39, 0.29) is 6.10 Å². The van der Waals surface area contributed by atoms with Crippen LogP contribution in [0.3, 0.4) is 0 Å². The predicted octanol–water partition coefficient (Wildman–Crippen LogP) is 1.96. The maximum absolute atomic E-state index is 5.41. The first-order chi connectivity index (χ1) is 13.8. The van der Waals surface area contributed by atoms with Gasteiger partial charge in [0.1, 0.15) is 11.4 Å². The molecule has 1 aromatic carbocycles. The lowest BCUT2D eigenvalue weighted by atomic mass is 10.1. The van der Waals surface area contributed by atoms with Crippen LogP contribution in [-0.2, 0) is 16.1 Å². The van der Waals surface area contributed by atoms with Crippen molar-refractivity contribution in [3.8, 4) is 0 Å². The Morgan fingerprint density at radius 2 is 2.21 bits per heavy atom. The average molecular weight is 375 g/mol. The summed E-state index contributed by atoms with van der Waals surface area (Å²) in [7, 11) is 0. The lowest BCUT2D eigenvalue weighted by Gasteiger charge is -2.23. The van der Waals surface area contributed by atoms with Gasteiger partial charge in [-0.2, -0.15) is 0 Å². The van der Waals surface area contributed by atoms with E-state index in [1.165, 1.54) is 0 Å². The molecule has 0 unspecified atom stereocenters. The molecule has 4 aromatic rings. The summed E-state index contributed by atoms with van der Waals surface area (Å²) in [6, 6.07) is 10.1. The second-order valence-electron chi connectivity index (χ2n) is 6.62. The molecule has 1 saturated heterocycles. The molecule has 140 valence electrons. The van der Waals surface area contributed by atoms with Crippen molar-refractivity contribution in [2.75, 3.05) is 13.2 Å². The van der Waals surface area contributed by atoms with E-state index in [1.807, 2.05) is 31.2 Å². The number of nitrogens with zero attached hydrogens (tertiary/aromatic N) is 7. The maximum Gasteiger partial charge on any atom is 0.221 e. The number of hydrogen-bond donors (Lipinski definition) is 0. The number of fused-ring (bicyclic) bond motifs is 2. The predicted molar refractivity (Wildman–Crippen MR) is 102 cm³/mol. The number of rotatable bonds is 5. The molecule has 4 heterocycles. The fourth-order valence-electron chi connectivity index (χ4n) is 2.91. The smallest absolute Gasteiger partial charge is 0.221 e. The Bertz CT molecular complexity index is 1180. The fourth-order valence-corrected chi connectivity index (χ4v) is 2.91. The van der Waals surface area contributed by atoms with Gasteiger partial charge < -0.3 is 9.57 Å². The van der Waals surface area contributed by atoms with Crippen LogP contribution in [0.1, 0.15) is 18.2 Å². The van der Waals surface area contributed by atoms with Crippen molar-refractivity contribution in [3.63, 3.8) is 0 Å². The Labute approximate surface area is 160 Å². The normalized spacial score (nSPS) is 15.1. The highest BCUT2D eigenvalue weighted by Crippen LogP contribution is 2.16. The molecule has 0 atom stereocenters. The maximum atomic E-state index is 5.41. The molecule has 0 N–H and O–H groups in total. The average Bonchev–Trinajstić information content (AvgIpc) is 3.08. The van der Waals surface area contributed by atoms with Gasteiger partial charge in [0.2, 0.25) is 5.65 Å². The van der Waals surface area contributed by atoms with Gasteiger partial charge in [-0.25, -0.2) is 14.6 Å². The molecule has 1 fully saturated rings. The SMILES string of the molecule is C/C(=N\OC1COC1)c1cnc2nnn(Cc3ccc4ncccc4c3)c2n1. The monoisotopic (exact) mass is 375 g/mol. The second kappa shape index (κ2) is 6.93. The molecule has 0 aliphatic carbocycles. The molecule has 9 heteroatoms. The first kappa shape index (κ1) is 16.7. The molecule has 0 saturated carbocycles. The van der Waals surface area contributed by atoms with E-state index in [1.54, 1.807) is 17.1 Å². The van der Waals surface area contributed by atoms with E-state index in [9.17, 15) is 0 Å². The van der Waals surface area contributed by atoms with E-state index in [0.717, 1.165) is 16.5 Å². The highest BCUT2D eigenvalue weighted by atomic mass is 16.7. The standard InChI is InChI=1S/C19H17N7O2/c1-12(24-28-15-10-27-11-15)17-8-21-18-19(22-17)26(25-23-18)9-13-4-5-16-14(7-13)3-2-6-20-16/h2-8,15H,9-11H2,1H3/b24-12+. The van der Waals surface area contributed by atoms with Crippen LogP contribution in [0.25, 0.3) is 22.2 Å². The van der Waals surface area contributed by atoms with Gasteiger partial charge in [-0.1, -0.05) is 22.5 Å². The van der Waals surface area contributed by atoms with E-state index >= 15 is 0 Å². The minimum atomic E-state index is 0.0150. The van der Waals surface area contributed by atoms with Gasteiger partial charge in [-0.15, -0.1) is 5.10 Å². The number of ether oxygens (including phenoxy) is 1. The summed E-state index contributed by atoms with van der Waals surface area (Å²) in [6.45, 7) is 3.50. The first-order valence-corrected chi connectivity index (χ1v) is 8.95. The highest BCUT2D eigenvalue weighted by Gasteiger charge is 2.20. The molecular formula is C19H17N7O2. The zero-order valence-electron chi connectivity index (χ0n) is 15.2. The second-order valence-corrected chi connectivity index (χ2v) is 6.62. The summed E-state index contributed by atoms with van der Waals surface area (Å²) in [5.74, 6) is 0. The van der Waals surface area contributed by atoms with Gasteiger partial charge >= 0.3 is 0 Å². The molecular weight excluding hydrogens is 358 g/mol. The van der Waals surface area contributed by atoms with Gasteiger partial charge in [0.15, 0.2) is 11.8 Å². The molecule has 5 rings (SSSR count). The largest absolute Gasteiger partial charge is 0.387 e. The molecule has 1 aliphatic heterocycles. The van der Waals surface area contributed by atoms with E-state index in [0.29, 0.717) is 42.5 Å². The lowest BCUT2D eigenvalue weighted by molar-refractivity contribution is -0.128. The van der Waals surface area contributed by atoms with Crippen LogP contribution < -0.4 is 0 Å². The number of aromatic nitrogens is 6.